The van der Waals surface area contributed by atoms with Crippen molar-refractivity contribution < 1.29 is 13.5 Å². The van der Waals surface area contributed by atoms with Gasteiger partial charge in [0.1, 0.15) is 0 Å². The van der Waals surface area contributed by atoms with E-state index in [1.165, 1.54) is 11.3 Å². The van der Waals surface area contributed by atoms with E-state index in [0.717, 1.165) is 40.8 Å². The van der Waals surface area contributed by atoms with E-state index in [-0.39, 0.29) is 6.54 Å². The Morgan fingerprint density at radius 2 is 1.74 bits per heavy atom. The molecule has 0 aliphatic carbocycles. The van der Waals surface area contributed by atoms with Crippen molar-refractivity contribution in [3.05, 3.63) is 57.6 Å². The number of aliphatic hydroxyl groups is 1. The molecule has 0 bridgehead atoms. The molecule has 0 saturated carbocycles. The van der Waals surface area contributed by atoms with Crippen LogP contribution < -0.4 is 9.62 Å². The van der Waals surface area contributed by atoms with Crippen LogP contribution in [0.2, 0.25) is 0 Å². The second kappa shape index (κ2) is 7.26. The quantitative estimate of drug-likeness (QED) is 0.826. The van der Waals surface area contributed by atoms with Crippen molar-refractivity contribution in [2.75, 3.05) is 25.0 Å². The van der Waals surface area contributed by atoms with Crippen LogP contribution in [0, 0.1) is 27.7 Å². The van der Waals surface area contributed by atoms with E-state index in [2.05, 4.69) is 9.62 Å². The molecule has 3 rings (SSSR count). The summed E-state index contributed by atoms with van der Waals surface area (Å²) in [6.45, 7) is 8.39. The fourth-order valence-electron chi connectivity index (χ4n) is 3.76. The molecule has 1 unspecified atom stereocenters. The lowest BCUT2D eigenvalue weighted by Gasteiger charge is -2.18. The number of aryl methyl sites for hydroxylation is 2. The summed E-state index contributed by atoms with van der Waals surface area (Å²) in [6, 6.07) is 7.84. The number of aliphatic hydroxyl groups excluding tert-OH is 1. The first kappa shape index (κ1) is 19.9. The van der Waals surface area contributed by atoms with Crippen LogP contribution in [-0.2, 0) is 16.4 Å². The minimum atomic E-state index is -3.71. The van der Waals surface area contributed by atoms with Crippen LogP contribution in [0.25, 0.3) is 0 Å². The molecule has 5 nitrogen and oxygen atoms in total. The second-order valence-corrected chi connectivity index (χ2v) is 9.22. The zero-order valence-corrected chi connectivity index (χ0v) is 17.4. The van der Waals surface area contributed by atoms with Gasteiger partial charge in [0.05, 0.1) is 11.0 Å². The van der Waals surface area contributed by atoms with Gasteiger partial charge in [0.15, 0.2) is 0 Å². The zero-order chi connectivity index (χ0) is 19.9. The largest absolute Gasteiger partial charge is 0.387 e. The summed E-state index contributed by atoms with van der Waals surface area (Å²) in [7, 11) is -1.66. The minimum Gasteiger partial charge on any atom is -0.387 e. The van der Waals surface area contributed by atoms with E-state index in [4.69, 9.17) is 0 Å². The molecule has 0 saturated heterocycles. The van der Waals surface area contributed by atoms with E-state index in [1.807, 2.05) is 59.0 Å². The molecule has 1 aliphatic heterocycles. The Labute approximate surface area is 162 Å². The summed E-state index contributed by atoms with van der Waals surface area (Å²) in [5.74, 6) is 0. The number of anilines is 1. The molecule has 1 atom stereocenters. The summed E-state index contributed by atoms with van der Waals surface area (Å²) in [5, 5.41) is 10.5. The van der Waals surface area contributed by atoms with Gasteiger partial charge in [-0.15, -0.1) is 0 Å². The maximum absolute atomic E-state index is 12.9. The monoisotopic (exact) mass is 388 g/mol. The number of benzene rings is 2. The molecule has 1 heterocycles. The van der Waals surface area contributed by atoms with Gasteiger partial charge in [0, 0.05) is 25.8 Å². The van der Waals surface area contributed by atoms with Crippen molar-refractivity contribution in [3.8, 4) is 0 Å². The summed E-state index contributed by atoms with van der Waals surface area (Å²) in [6.07, 6.45) is 0.0570. The number of likely N-dealkylation sites (N-methyl/N-ethyl adjacent to an activating group) is 1. The lowest BCUT2D eigenvalue weighted by molar-refractivity contribution is 0.182. The Balaban J connectivity index is 1.80. The first-order chi connectivity index (χ1) is 12.6. The molecule has 1 aliphatic rings. The Kier molecular flexibility index (Phi) is 5.34. The molecule has 0 spiro atoms. The van der Waals surface area contributed by atoms with Gasteiger partial charge in [-0.3, -0.25) is 0 Å². The van der Waals surface area contributed by atoms with Crippen LogP contribution >= 0.6 is 0 Å². The summed E-state index contributed by atoms with van der Waals surface area (Å²) in [4.78, 5) is 2.50. The van der Waals surface area contributed by atoms with Crippen molar-refractivity contribution in [1.29, 1.82) is 0 Å². The highest BCUT2D eigenvalue weighted by Gasteiger charge is 2.24. The molecular formula is C21H28N2O3S. The predicted octanol–water partition coefficient (Wildman–Crippen LogP) is 2.92. The Morgan fingerprint density at radius 1 is 1.11 bits per heavy atom. The van der Waals surface area contributed by atoms with Crippen LogP contribution in [0.15, 0.2) is 29.2 Å². The highest BCUT2D eigenvalue weighted by atomic mass is 32.2. The lowest BCUT2D eigenvalue weighted by Crippen LogP contribution is -2.30. The number of hydrogen-bond acceptors (Lipinski definition) is 4. The average molecular weight is 389 g/mol. The van der Waals surface area contributed by atoms with E-state index >= 15 is 0 Å². The fourth-order valence-corrected chi connectivity index (χ4v) is 5.41. The number of sulfonamides is 1. The minimum absolute atomic E-state index is 0.0527. The van der Waals surface area contributed by atoms with Gasteiger partial charge in [0.2, 0.25) is 10.0 Å². The highest BCUT2D eigenvalue weighted by molar-refractivity contribution is 7.89. The first-order valence-electron chi connectivity index (χ1n) is 9.21. The summed E-state index contributed by atoms with van der Waals surface area (Å²) >= 11 is 0. The molecule has 146 valence electrons. The summed E-state index contributed by atoms with van der Waals surface area (Å²) in [5.41, 5.74) is 6.50. The summed E-state index contributed by atoms with van der Waals surface area (Å²) < 4.78 is 28.4. The molecule has 0 fully saturated rings. The van der Waals surface area contributed by atoms with Gasteiger partial charge in [-0.05, 0) is 73.6 Å². The van der Waals surface area contributed by atoms with Crippen molar-refractivity contribution >= 4 is 15.7 Å². The third kappa shape index (κ3) is 3.74. The Hall–Kier alpha value is -1.89. The average Bonchev–Trinajstić information content (AvgIpc) is 2.98. The third-order valence-electron chi connectivity index (χ3n) is 5.65. The van der Waals surface area contributed by atoms with E-state index in [0.29, 0.717) is 4.90 Å². The van der Waals surface area contributed by atoms with Gasteiger partial charge < -0.3 is 10.0 Å². The molecule has 2 aromatic carbocycles. The number of rotatable bonds is 5. The van der Waals surface area contributed by atoms with Crippen LogP contribution in [0.5, 0.6) is 0 Å². The molecule has 0 radical (unpaired) electrons. The number of fused-ring (bicyclic) bond motifs is 1. The van der Waals surface area contributed by atoms with Gasteiger partial charge in [-0.1, -0.05) is 18.2 Å². The van der Waals surface area contributed by atoms with E-state index in [1.54, 1.807) is 0 Å². The van der Waals surface area contributed by atoms with E-state index < -0.39 is 16.1 Å². The lowest BCUT2D eigenvalue weighted by atomic mass is 10.0. The van der Waals surface area contributed by atoms with Gasteiger partial charge in [-0.25, -0.2) is 13.1 Å². The maximum atomic E-state index is 12.9. The normalized spacial score (nSPS) is 15.1. The van der Waals surface area contributed by atoms with Crippen molar-refractivity contribution in [1.82, 2.24) is 4.72 Å². The molecule has 6 heteroatoms. The smallest absolute Gasteiger partial charge is 0.241 e. The molecular weight excluding hydrogens is 360 g/mol. The standard InChI is InChI=1S/C21H28N2O3S/c1-13-10-14(2)16(4)21(15(13)3)27(25,26)22-12-20(24)18-6-7-19-17(11-18)8-9-23(19)5/h6-7,10-11,20,22,24H,8-9,12H2,1-5H3. The third-order valence-corrected chi connectivity index (χ3v) is 7.35. The number of nitrogens with one attached hydrogen (secondary N) is 1. The number of hydrogen-bond donors (Lipinski definition) is 2. The van der Waals surface area contributed by atoms with Crippen molar-refractivity contribution in [2.45, 2.75) is 45.1 Å². The van der Waals surface area contributed by atoms with Crippen LogP contribution in [-0.4, -0.2) is 33.7 Å². The van der Waals surface area contributed by atoms with Gasteiger partial charge in [-0.2, -0.15) is 0 Å². The zero-order valence-electron chi connectivity index (χ0n) is 16.6. The van der Waals surface area contributed by atoms with Crippen molar-refractivity contribution in [2.24, 2.45) is 0 Å². The number of nitrogens with zero attached hydrogens (tertiary/aromatic N) is 1. The highest BCUT2D eigenvalue weighted by Crippen LogP contribution is 2.30. The Bertz CT molecular complexity index is 957. The topological polar surface area (TPSA) is 69.6 Å². The van der Waals surface area contributed by atoms with Crippen LogP contribution in [0.3, 0.4) is 0 Å². The first-order valence-corrected chi connectivity index (χ1v) is 10.7. The molecule has 2 aromatic rings. The molecule has 0 amide bonds. The van der Waals surface area contributed by atoms with Gasteiger partial charge >= 0.3 is 0 Å². The second-order valence-electron chi connectivity index (χ2n) is 7.52. The van der Waals surface area contributed by atoms with Crippen LogP contribution in [0.1, 0.15) is 39.5 Å². The molecule has 2 N–H and O–H groups in total. The maximum Gasteiger partial charge on any atom is 0.241 e. The van der Waals surface area contributed by atoms with Crippen molar-refractivity contribution in [3.63, 3.8) is 0 Å². The predicted molar refractivity (Wildman–Crippen MR) is 109 cm³/mol. The van der Waals surface area contributed by atoms with E-state index in [9.17, 15) is 13.5 Å². The van der Waals surface area contributed by atoms with Crippen LogP contribution in [0.4, 0.5) is 5.69 Å². The van der Waals surface area contributed by atoms with Gasteiger partial charge in [0.25, 0.3) is 0 Å². The SMILES string of the molecule is Cc1cc(C)c(C)c(S(=O)(=O)NCC(O)c2ccc3c(c2)CCN3C)c1C. The Morgan fingerprint density at radius 3 is 2.37 bits per heavy atom. The molecule has 27 heavy (non-hydrogen) atoms. The molecule has 0 aromatic heterocycles. The fraction of sp³-hybridized carbons (Fsp3) is 0.429.